The van der Waals surface area contributed by atoms with Crippen LogP contribution in [0.5, 0.6) is 0 Å². The van der Waals surface area contributed by atoms with Crippen molar-refractivity contribution < 1.29 is 9.72 Å². The van der Waals surface area contributed by atoms with Gasteiger partial charge in [0.25, 0.3) is 5.69 Å². The summed E-state index contributed by atoms with van der Waals surface area (Å²) in [5, 5.41) is 17.6. The molecule has 1 fully saturated rings. The number of benzene rings is 1. The highest BCUT2D eigenvalue weighted by molar-refractivity contribution is 8.04. The highest BCUT2D eigenvalue weighted by atomic mass is 35.5. The molecular formula is C17H18ClN3O3S. The minimum absolute atomic E-state index is 0.00148. The maximum Gasteiger partial charge on any atom is 0.288 e. The second kappa shape index (κ2) is 6.30. The summed E-state index contributed by atoms with van der Waals surface area (Å²) >= 11 is 7.63. The van der Waals surface area contributed by atoms with E-state index in [0.717, 1.165) is 19.3 Å². The lowest BCUT2D eigenvalue weighted by Gasteiger charge is -2.34. The molecule has 2 aliphatic heterocycles. The van der Waals surface area contributed by atoms with E-state index in [0.29, 0.717) is 11.5 Å². The van der Waals surface area contributed by atoms with E-state index < -0.39 is 11.1 Å². The number of fused-ring (bicyclic) bond motifs is 2. The van der Waals surface area contributed by atoms with Crippen molar-refractivity contribution in [1.82, 2.24) is 10.6 Å². The highest BCUT2D eigenvalue weighted by Crippen LogP contribution is 2.50. The van der Waals surface area contributed by atoms with E-state index in [1.54, 1.807) is 17.8 Å². The zero-order valence-electron chi connectivity index (χ0n) is 13.6. The van der Waals surface area contributed by atoms with Crippen LogP contribution in [-0.2, 0) is 4.79 Å². The lowest BCUT2D eigenvalue weighted by atomic mass is 9.83. The number of hydrogen-bond acceptors (Lipinski definition) is 5. The van der Waals surface area contributed by atoms with Crippen LogP contribution in [-0.4, -0.2) is 16.2 Å². The Morgan fingerprint density at radius 2 is 2.20 bits per heavy atom. The SMILES string of the molecule is CC1CCC2=C(C1)SC1NC(c3ccc(Cl)c([N+](=O)[O-])c3)NC(=O)C21. The minimum Gasteiger partial charge on any atom is -0.336 e. The average molecular weight is 380 g/mol. The molecule has 2 heterocycles. The number of nitrogens with one attached hydrogen (secondary N) is 2. The summed E-state index contributed by atoms with van der Waals surface area (Å²) in [7, 11) is 0. The molecule has 1 saturated heterocycles. The Labute approximate surface area is 154 Å². The Kier molecular flexibility index (Phi) is 4.25. The van der Waals surface area contributed by atoms with Crippen molar-refractivity contribution in [2.45, 2.75) is 37.7 Å². The maximum atomic E-state index is 12.7. The summed E-state index contributed by atoms with van der Waals surface area (Å²) in [6.07, 6.45) is 2.70. The average Bonchev–Trinajstić information content (AvgIpc) is 2.92. The number of rotatable bonds is 2. The second-order valence-corrected chi connectivity index (χ2v) is 8.53. The van der Waals surface area contributed by atoms with Crippen LogP contribution in [0.3, 0.4) is 0 Å². The fourth-order valence-electron chi connectivity index (χ4n) is 3.84. The molecule has 25 heavy (non-hydrogen) atoms. The zero-order valence-corrected chi connectivity index (χ0v) is 15.2. The molecule has 1 aromatic rings. The predicted octanol–water partition coefficient (Wildman–Crippen LogP) is 3.73. The van der Waals surface area contributed by atoms with Crippen molar-refractivity contribution in [3.63, 3.8) is 0 Å². The number of thioether (sulfide) groups is 1. The Morgan fingerprint density at radius 1 is 1.40 bits per heavy atom. The van der Waals surface area contributed by atoms with Gasteiger partial charge in [0, 0.05) is 6.07 Å². The quantitative estimate of drug-likeness (QED) is 0.604. The first-order valence-electron chi connectivity index (χ1n) is 8.33. The van der Waals surface area contributed by atoms with Crippen molar-refractivity contribution in [3.05, 3.63) is 49.4 Å². The van der Waals surface area contributed by atoms with Crippen LogP contribution in [0.2, 0.25) is 5.02 Å². The van der Waals surface area contributed by atoms with Crippen molar-refractivity contribution in [1.29, 1.82) is 0 Å². The maximum absolute atomic E-state index is 12.7. The first-order valence-corrected chi connectivity index (χ1v) is 9.58. The largest absolute Gasteiger partial charge is 0.336 e. The molecule has 1 aromatic carbocycles. The van der Waals surface area contributed by atoms with E-state index >= 15 is 0 Å². The molecule has 4 rings (SSSR count). The first kappa shape index (κ1) is 16.9. The number of hydrogen-bond donors (Lipinski definition) is 2. The predicted molar refractivity (Wildman–Crippen MR) is 97.0 cm³/mol. The number of carbonyl (C=O) groups excluding carboxylic acids is 1. The van der Waals surface area contributed by atoms with Crippen LogP contribution >= 0.6 is 23.4 Å². The molecule has 4 atom stereocenters. The van der Waals surface area contributed by atoms with Gasteiger partial charge in [-0.25, -0.2) is 0 Å². The summed E-state index contributed by atoms with van der Waals surface area (Å²) in [5.41, 5.74) is 1.77. The number of nitro benzene ring substituents is 1. The van der Waals surface area contributed by atoms with E-state index in [-0.39, 0.29) is 27.9 Å². The van der Waals surface area contributed by atoms with Gasteiger partial charge >= 0.3 is 0 Å². The van der Waals surface area contributed by atoms with Crippen LogP contribution in [0, 0.1) is 22.0 Å². The smallest absolute Gasteiger partial charge is 0.288 e. The lowest BCUT2D eigenvalue weighted by Crippen LogP contribution is -2.54. The molecule has 6 nitrogen and oxygen atoms in total. The molecule has 0 saturated carbocycles. The van der Waals surface area contributed by atoms with E-state index in [1.807, 2.05) is 0 Å². The van der Waals surface area contributed by atoms with Crippen LogP contribution in [0.15, 0.2) is 28.7 Å². The first-order chi connectivity index (χ1) is 11.9. The van der Waals surface area contributed by atoms with Gasteiger partial charge in [-0.3, -0.25) is 20.2 Å². The Morgan fingerprint density at radius 3 is 2.96 bits per heavy atom. The third-order valence-electron chi connectivity index (χ3n) is 5.15. The zero-order chi connectivity index (χ0) is 17.7. The van der Waals surface area contributed by atoms with Gasteiger partial charge in [-0.1, -0.05) is 24.6 Å². The fourth-order valence-corrected chi connectivity index (χ4v) is 5.72. The molecule has 0 radical (unpaired) electrons. The van der Waals surface area contributed by atoms with Gasteiger partial charge in [-0.15, -0.1) is 11.8 Å². The normalized spacial score (nSPS) is 31.4. The topological polar surface area (TPSA) is 84.3 Å². The third-order valence-corrected chi connectivity index (χ3v) is 6.84. The van der Waals surface area contributed by atoms with Crippen molar-refractivity contribution in [2.24, 2.45) is 11.8 Å². The standard InChI is InChI=1S/C17H18ClN3O3S/c1-8-2-4-10-13(6-8)25-17-14(10)16(22)19-15(20-17)9-3-5-11(18)12(7-9)21(23)24/h3,5,7-8,14-15,17,20H,2,4,6H2,1H3,(H,19,22). The van der Waals surface area contributed by atoms with Crippen molar-refractivity contribution in [2.75, 3.05) is 0 Å². The number of nitro groups is 1. The monoisotopic (exact) mass is 379 g/mol. The van der Waals surface area contributed by atoms with Crippen molar-refractivity contribution >= 4 is 35.0 Å². The number of halogens is 1. The lowest BCUT2D eigenvalue weighted by molar-refractivity contribution is -0.384. The Hall–Kier alpha value is -1.57. The summed E-state index contributed by atoms with van der Waals surface area (Å²) in [6, 6.07) is 4.64. The van der Waals surface area contributed by atoms with Gasteiger partial charge in [0.05, 0.1) is 16.2 Å². The van der Waals surface area contributed by atoms with Gasteiger partial charge in [0.1, 0.15) is 11.2 Å². The molecule has 8 heteroatoms. The number of allylic oxidation sites excluding steroid dienone is 1. The van der Waals surface area contributed by atoms with E-state index in [2.05, 4.69) is 17.6 Å². The summed E-state index contributed by atoms with van der Waals surface area (Å²) < 4.78 is 0. The molecule has 1 aliphatic carbocycles. The Bertz CT molecular complexity index is 797. The van der Waals surface area contributed by atoms with Gasteiger partial charge in [0.15, 0.2) is 0 Å². The van der Waals surface area contributed by atoms with Gasteiger partial charge in [0.2, 0.25) is 5.91 Å². The van der Waals surface area contributed by atoms with Crippen LogP contribution in [0.25, 0.3) is 0 Å². The fraction of sp³-hybridized carbons (Fsp3) is 0.471. The van der Waals surface area contributed by atoms with Crippen LogP contribution in [0.1, 0.15) is 37.9 Å². The minimum atomic E-state index is -0.509. The number of nitrogens with zero attached hydrogens (tertiary/aromatic N) is 1. The van der Waals surface area contributed by atoms with Crippen LogP contribution in [0.4, 0.5) is 5.69 Å². The van der Waals surface area contributed by atoms with E-state index in [1.165, 1.54) is 22.6 Å². The summed E-state index contributed by atoms with van der Waals surface area (Å²) in [6.45, 7) is 2.25. The molecule has 2 N–H and O–H groups in total. The number of carbonyl (C=O) groups is 1. The molecule has 1 amide bonds. The van der Waals surface area contributed by atoms with Gasteiger partial charge in [-0.05, 0) is 47.3 Å². The Balaban J connectivity index is 1.58. The molecule has 0 aromatic heterocycles. The molecule has 0 spiro atoms. The molecule has 132 valence electrons. The van der Waals surface area contributed by atoms with Gasteiger partial charge in [-0.2, -0.15) is 0 Å². The van der Waals surface area contributed by atoms with Crippen molar-refractivity contribution in [3.8, 4) is 0 Å². The third kappa shape index (κ3) is 2.94. The number of amides is 1. The van der Waals surface area contributed by atoms with Crippen LogP contribution < -0.4 is 10.6 Å². The highest BCUT2D eigenvalue weighted by Gasteiger charge is 2.46. The molecule has 3 aliphatic rings. The summed E-state index contributed by atoms with van der Waals surface area (Å²) in [4.78, 5) is 24.7. The molecular weight excluding hydrogens is 362 g/mol. The second-order valence-electron chi connectivity index (χ2n) is 6.89. The van der Waals surface area contributed by atoms with Gasteiger partial charge < -0.3 is 5.32 Å². The van der Waals surface area contributed by atoms with E-state index in [9.17, 15) is 14.9 Å². The van der Waals surface area contributed by atoms with E-state index in [4.69, 9.17) is 11.6 Å². The summed E-state index contributed by atoms with van der Waals surface area (Å²) in [5.74, 6) is 0.522. The molecule has 4 unspecified atom stereocenters. The molecule has 0 bridgehead atoms.